The summed E-state index contributed by atoms with van der Waals surface area (Å²) in [6.45, 7) is 0.461. The lowest BCUT2D eigenvalue weighted by molar-refractivity contribution is 0.115. The highest BCUT2D eigenvalue weighted by atomic mass is 35.5. The van der Waals surface area contributed by atoms with Crippen molar-refractivity contribution < 1.29 is 9.53 Å². The molecule has 14 heavy (non-hydrogen) atoms. The molecule has 1 saturated heterocycles. The van der Waals surface area contributed by atoms with E-state index in [1.54, 1.807) is 0 Å². The van der Waals surface area contributed by atoms with Crippen LogP contribution in [0.5, 0.6) is 0 Å². The molecular formula is C10H10ClNO2. The quantitative estimate of drug-likeness (QED) is 0.775. The second kappa shape index (κ2) is 3.88. The lowest BCUT2D eigenvalue weighted by atomic mass is 10.0. The first kappa shape index (κ1) is 9.34. The van der Waals surface area contributed by atoms with Gasteiger partial charge in [0, 0.05) is 11.4 Å². The van der Waals surface area contributed by atoms with Gasteiger partial charge < -0.3 is 10.1 Å². The number of hydrogen-bond acceptors (Lipinski definition) is 2. The maximum Gasteiger partial charge on any atom is 0.407 e. The average molecular weight is 212 g/mol. The monoisotopic (exact) mass is 211 g/mol. The zero-order valence-electron chi connectivity index (χ0n) is 7.50. The smallest absolute Gasteiger partial charge is 0.407 e. The Balaban J connectivity index is 2.17. The van der Waals surface area contributed by atoms with Gasteiger partial charge in [-0.05, 0) is 17.7 Å². The van der Waals surface area contributed by atoms with E-state index in [0.717, 1.165) is 12.0 Å². The van der Waals surface area contributed by atoms with Crippen molar-refractivity contribution in [2.45, 2.75) is 12.5 Å². The molecular weight excluding hydrogens is 202 g/mol. The molecule has 1 aliphatic heterocycles. The van der Waals surface area contributed by atoms with E-state index < -0.39 is 0 Å². The fourth-order valence-electron chi connectivity index (χ4n) is 1.50. The number of amides is 1. The summed E-state index contributed by atoms with van der Waals surface area (Å²) in [5.41, 5.74) is 1.02. The summed E-state index contributed by atoms with van der Waals surface area (Å²) in [6, 6.07) is 7.51. The SMILES string of the molecule is O=C1N[C@@H](c2cccc(Cl)c2)CCO1. The maximum atomic E-state index is 11.0. The van der Waals surface area contributed by atoms with E-state index in [9.17, 15) is 4.79 Å². The van der Waals surface area contributed by atoms with Crippen LogP contribution < -0.4 is 5.32 Å². The van der Waals surface area contributed by atoms with Gasteiger partial charge >= 0.3 is 6.09 Å². The Bertz CT molecular complexity index is 354. The van der Waals surface area contributed by atoms with Crippen LogP contribution in [0.1, 0.15) is 18.0 Å². The maximum absolute atomic E-state index is 11.0. The standard InChI is InChI=1S/C10H10ClNO2/c11-8-3-1-2-7(6-8)9-4-5-14-10(13)12-9/h1-3,6,9H,4-5H2,(H,12,13)/t9-/m1/s1. The van der Waals surface area contributed by atoms with Gasteiger partial charge in [-0.3, -0.25) is 0 Å². The van der Waals surface area contributed by atoms with Crippen molar-refractivity contribution in [2.75, 3.05) is 6.61 Å². The number of carbonyl (C=O) groups is 1. The molecule has 0 saturated carbocycles. The molecule has 1 N–H and O–H groups in total. The van der Waals surface area contributed by atoms with Gasteiger partial charge in [-0.15, -0.1) is 0 Å². The highest BCUT2D eigenvalue weighted by molar-refractivity contribution is 6.30. The molecule has 1 fully saturated rings. The van der Waals surface area contributed by atoms with E-state index in [1.165, 1.54) is 0 Å². The van der Waals surface area contributed by atoms with E-state index in [1.807, 2.05) is 24.3 Å². The molecule has 1 amide bonds. The first-order valence-corrected chi connectivity index (χ1v) is 4.82. The van der Waals surface area contributed by atoms with Gasteiger partial charge in [-0.2, -0.15) is 0 Å². The Morgan fingerprint density at radius 2 is 2.36 bits per heavy atom. The number of hydrogen-bond donors (Lipinski definition) is 1. The molecule has 0 spiro atoms. The topological polar surface area (TPSA) is 38.3 Å². The second-order valence-corrected chi connectivity index (χ2v) is 3.61. The molecule has 2 rings (SSSR count). The van der Waals surface area contributed by atoms with E-state index in [-0.39, 0.29) is 12.1 Å². The molecule has 0 bridgehead atoms. The van der Waals surface area contributed by atoms with Crippen LogP contribution in [0.4, 0.5) is 4.79 Å². The average Bonchev–Trinajstić information content (AvgIpc) is 2.18. The number of ether oxygens (including phenoxy) is 1. The number of cyclic esters (lactones) is 1. The third kappa shape index (κ3) is 1.99. The summed E-state index contributed by atoms with van der Waals surface area (Å²) in [4.78, 5) is 11.0. The Labute approximate surface area is 87.0 Å². The van der Waals surface area contributed by atoms with E-state index in [0.29, 0.717) is 11.6 Å². The number of rotatable bonds is 1. The van der Waals surface area contributed by atoms with Crippen molar-refractivity contribution in [2.24, 2.45) is 0 Å². The van der Waals surface area contributed by atoms with Crippen molar-refractivity contribution in [1.29, 1.82) is 0 Å². The molecule has 0 unspecified atom stereocenters. The van der Waals surface area contributed by atoms with Crippen molar-refractivity contribution in [3.63, 3.8) is 0 Å². The Morgan fingerprint density at radius 3 is 3.07 bits per heavy atom. The predicted molar refractivity (Wildman–Crippen MR) is 53.3 cm³/mol. The normalized spacial score (nSPS) is 21.2. The molecule has 0 aromatic heterocycles. The third-order valence-electron chi connectivity index (χ3n) is 2.18. The molecule has 1 atom stereocenters. The molecule has 4 heteroatoms. The van der Waals surface area contributed by atoms with Crippen molar-refractivity contribution in [3.05, 3.63) is 34.9 Å². The Kier molecular flexibility index (Phi) is 2.59. The lowest BCUT2D eigenvalue weighted by Crippen LogP contribution is -2.35. The minimum absolute atomic E-state index is 0.0231. The van der Waals surface area contributed by atoms with Crippen LogP contribution in [-0.4, -0.2) is 12.7 Å². The first-order chi connectivity index (χ1) is 6.75. The molecule has 1 heterocycles. The molecule has 0 aliphatic carbocycles. The number of alkyl carbamates (subject to hydrolysis) is 1. The summed E-state index contributed by atoms with van der Waals surface area (Å²) in [6.07, 6.45) is 0.424. The molecule has 1 aromatic carbocycles. The van der Waals surface area contributed by atoms with Crippen LogP contribution in [-0.2, 0) is 4.74 Å². The van der Waals surface area contributed by atoms with Crippen LogP contribution in [0.3, 0.4) is 0 Å². The highest BCUT2D eigenvalue weighted by Gasteiger charge is 2.20. The minimum atomic E-state index is -0.360. The summed E-state index contributed by atoms with van der Waals surface area (Å²) in [5, 5.41) is 3.42. The number of nitrogens with one attached hydrogen (secondary N) is 1. The van der Waals surface area contributed by atoms with Gasteiger partial charge in [-0.1, -0.05) is 23.7 Å². The number of carbonyl (C=O) groups excluding carboxylic acids is 1. The largest absolute Gasteiger partial charge is 0.449 e. The number of halogens is 1. The van der Waals surface area contributed by atoms with Gasteiger partial charge in [0.25, 0.3) is 0 Å². The zero-order chi connectivity index (χ0) is 9.97. The first-order valence-electron chi connectivity index (χ1n) is 4.44. The van der Waals surface area contributed by atoms with E-state index in [2.05, 4.69) is 5.32 Å². The summed E-state index contributed by atoms with van der Waals surface area (Å²) in [7, 11) is 0. The summed E-state index contributed by atoms with van der Waals surface area (Å²) in [5.74, 6) is 0. The van der Waals surface area contributed by atoms with Gasteiger partial charge in [0.05, 0.1) is 12.6 Å². The van der Waals surface area contributed by atoms with Gasteiger partial charge in [0.15, 0.2) is 0 Å². The van der Waals surface area contributed by atoms with Crippen LogP contribution in [0.25, 0.3) is 0 Å². The van der Waals surface area contributed by atoms with Crippen LogP contribution in [0.15, 0.2) is 24.3 Å². The van der Waals surface area contributed by atoms with Gasteiger partial charge in [-0.25, -0.2) is 4.79 Å². The number of benzene rings is 1. The summed E-state index contributed by atoms with van der Waals surface area (Å²) >= 11 is 5.86. The molecule has 3 nitrogen and oxygen atoms in total. The minimum Gasteiger partial charge on any atom is -0.449 e. The third-order valence-corrected chi connectivity index (χ3v) is 2.42. The van der Waals surface area contributed by atoms with Crippen LogP contribution >= 0.6 is 11.6 Å². The molecule has 1 aromatic rings. The predicted octanol–water partition coefficient (Wildman–Crippen LogP) is 2.51. The highest BCUT2D eigenvalue weighted by Crippen LogP contribution is 2.22. The van der Waals surface area contributed by atoms with Crippen LogP contribution in [0.2, 0.25) is 5.02 Å². The molecule has 1 aliphatic rings. The lowest BCUT2D eigenvalue weighted by Gasteiger charge is -2.23. The van der Waals surface area contributed by atoms with E-state index >= 15 is 0 Å². The van der Waals surface area contributed by atoms with Gasteiger partial charge in [0.1, 0.15) is 0 Å². The summed E-state index contributed by atoms with van der Waals surface area (Å²) < 4.78 is 4.78. The fourth-order valence-corrected chi connectivity index (χ4v) is 1.70. The van der Waals surface area contributed by atoms with Crippen molar-refractivity contribution >= 4 is 17.7 Å². The van der Waals surface area contributed by atoms with Crippen LogP contribution in [0, 0.1) is 0 Å². The van der Waals surface area contributed by atoms with Crippen molar-refractivity contribution in [1.82, 2.24) is 5.32 Å². The molecule has 74 valence electrons. The Morgan fingerprint density at radius 1 is 1.50 bits per heavy atom. The molecule has 0 radical (unpaired) electrons. The van der Waals surface area contributed by atoms with Crippen molar-refractivity contribution in [3.8, 4) is 0 Å². The Hall–Kier alpha value is -1.22. The van der Waals surface area contributed by atoms with Gasteiger partial charge in [0.2, 0.25) is 0 Å². The zero-order valence-corrected chi connectivity index (χ0v) is 8.25. The second-order valence-electron chi connectivity index (χ2n) is 3.18. The fraction of sp³-hybridized carbons (Fsp3) is 0.300. The van der Waals surface area contributed by atoms with E-state index in [4.69, 9.17) is 16.3 Å².